The van der Waals surface area contributed by atoms with Gasteiger partial charge in [0.25, 0.3) is 0 Å². The van der Waals surface area contributed by atoms with Crippen LogP contribution in [0.2, 0.25) is 5.02 Å². The topological polar surface area (TPSA) is 39.5 Å². The third-order valence-corrected chi connectivity index (χ3v) is 3.94. The average molecular weight is 308 g/mol. The SMILES string of the molecule is CCN(CCn1cccn1)Cc1cc2c(cc1Cl)OCO2. The van der Waals surface area contributed by atoms with E-state index in [0.29, 0.717) is 0 Å². The zero-order chi connectivity index (χ0) is 14.7. The van der Waals surface area contributed by atoms with E-state index in [-0.39, 0.29) is 6.79 Å². The Hall–Kier alpha value is -1.72. The van der Waals surface area contributed by atoms with Crippen molar-refractivity contribution in [3.05, 3.63) is 41.2 Å². The fraction of sp³-hybridized carbons (Fsp3) is 0.400. The highest BCUT2D eigenvalue weighted by atomic mass is 35.5. The standard InChI is InChI=1S/C15H18ClN3O2/c1-2-18(6-7-19-5-3-4-17-19)10-12-8-14-15(9-13(12)16)21-11-20-14/h3-5,8-9H,2,6-7,10-11H2,1H3. The Morgan fingerprint density at radius 2 is 2.14 bits per heavy atom. The predicted octanol–water partition coefficient (Wildman–Crippen LogP) is 2.79. The van der Waals surface area contributed by atoms with Crippen LogP contribution in [0.15, 0.2) is 30.6 Å². The van der Waals surface area contributed by atoms with Crippen molar-refractivity contribution in [2.24, 2.45) is 0 Å². The van der Waals surface area contributed by atoms with Gasteiger partial charge in [0.2, 0.25) is 6.79 Å². The number of hydrogen-bond acceptors (Lipinski definition) is 4. The minimum Gasteiger partial charge on any atom is -0.454 e. The highest BCUT2D eigenvalue weighted by molar-refractivity contribution is 6.31. The Morgan fingerprint density at radius 1 is 1.33 bits per heavy atom. The third kappa shape index (κ3) is 3.31. The molecule has 112 valence electrons. The first kappa shape index (κ1) is 14.2. The van der Waals surface area contributed by atoms with E-state index in [1.54, 1.807) is 6.20 Å². The van der Waals surface area contributed by atoms with E-state index in [4.69, 9.17) is 21.1 Å². The lowest BCUT2D eigenvalue weighted by atomic mass is 10.2. The summed E-state index contributed by atoms with van der Waals surface area (Å²) in [6.07, 6.45) is 3.77. The van der Waals surface area contributed by atoms with E-state index in [1.807, 2.05) is 29.1 Å². The molecular weight excluding hydrogens is 290 g/mol. The zero-order valence-electron chi connectivity index (χ0n) is 12.0. The molecule has 3 rings (SSSR count). The Morgan fingerprint density at radius 3 is 2.86 bits per heavy atom. The molecule has 0 aliphatic carbocycles. The minimum atomic E-state index is 0.270. The quantitative estimate of drug-likeness (QED) is 0.823. The lowest BCUT2D eigenvalue weighted by Gasteiger charge is -2.21. The number of benzene rings is 1. The first-order valence-corrected chi connectivity index (χ1v) is 7.42. The van der Waals surface area contributed by atoms with Crippen molar-refractivity contribution in [2.75, 3.05) is 19.9 Å². The summed E-state index contributed by atoms with van der Waals surface area (Å²) in [5.74, 6) is 1.50. The molecule has 0 saturated carbocycles. The Labute approximate surface area is 129 Å². The summed E-state index contributed by atoms with van der Waals surface area (Å²) >= 11 is 6.33. The summed E-state index contributed by atoms with van der Waals surface area (Å²) in [6, 6.07) is 5.74. The lowest BCUT2D eigenvalue weighted by molar-refractivity contribution is 0.174. The molecule has 1 aliphatic heterocycles. The highest BCUT2D eigenvalue weighted by Crippen LogP contribution is 2.37. The first-order chi connectivity index (χ1) is 10.3. The Kier molecular flexibility index (Phi) is 4.31. The predicted molar refractivity (Wildman–Crippen MR) is 80.8 cm³/mol. The number of aromatic nitrogens is 2. The van der Waals surface area contributed by atoms with Gasteiger partial charge in [0.1, 0.15) is 0 Å². The van der Waals surface area contributed by atoms with Crippen LogP contribution >= 0.6 is 11.6 Å². The van der Waals surface area contributed by atoms with Crippen LogP contribution in [0.1, 0.15) is 12.5 Å². The van der Waals surface area contributed by atoms with E-state index in [9.17, 15) is 0 Å². The summed E-state index contributed by atoms with van der Waals surface area (Å²) in [5.41, 5.74) is 1.06. The summed E-state index contributed by atoms with van der Waals surface area (Å²) in [4.78, 5) is 2.32. The zero-order valence-corrected chi connectivity index (χ0v) is 12.7. The minimum absolute atomic E-state index is 0.270. The molecule has 0 atom stereocenters. The number of rotatable bonds is 6. The van der Waals surface area contributed by atoms with Gasteiger partial charge >= 0.3 is 0 Å². The molecule has 0 spiro atoms. The van der Waals surface area contributed by atoms with Gasteiger partial charge in [-0.15, -0.1) is 0 Å². The number of likely N-dealkylation sites (N-methyl/N-ethyl adjacent to an activating group) is 1. The van der Waals surface area contributed by atoms with Gasteiger partial charge < -0.3 is 9.47 Å². The number of fused-ring (bicyclic) bond motifs is 1. The maximum absolute atomic E-state index is 6.33. The van der Waals surface area contributed by atoms with Crippen molar-refractivity contribution < 1.29 is 9.47 Å². The molecule has 0 amide bonds. The molecule has 1 aromatic carbocycles. The Balaban J connectivity index is 1.66. The molecule has 0 fully saturated rings. The van der Waals surface area contributed by atoms with Crippen LogP contribution < -0.4 is 9.47 Å². The molecule has 0 N–H and O–H groups in total. The number of nitrogens with zero attached hydrogens (tertiary/aromatic N) is 3. The molecule has 1 aromatic heterocycles. The van der Waals surface area contributed by atoms with Gasteiger partial charge in [-0.25, -0.2) is 0 Å². The van der Waals surface area contributed by atoms with Crippen LogP contribution in [0.4, 0.5) is 0 Å². The van der Waals surface area contributed by atoms with E-state index < -0.39 is 0 Å². The van der Waals surface area contributed by atoms with E-state index in [0.717, 1.165) is 48.3 Å². The normalized spacial score (nSPS) is 13.1. The van der Waals surface area contributed by atoms with Crippen molar-refractivity contribution in [3.8, 4) is 11.5 Å². The monoisotopic (exact) mass is 307 g/mol. The van der Waals surface area contributed by atoms with Crippen LogP contribution in [0.5, 0.6) is 11.5 Å². The maximum Gasteiger partial charge on any atom is 0.231 e. The second-order valence-corrected chi connectivity index (χ2v) is 5.34. The molecule has 0 radical (unpaired) electrons. The molecule has 21 heavy (non-hydrogen) atoms. The van der Waals surface area contributed by atoms with Crippen LogP contribution in [0.3, 0.4) is 0 Å². The molecule has 0 bridgehead atoms. The second kappa shape index (κ2) is 6.37. The van der Waals surface area contributed by atoms with Gasteiger partial charge in [0.15, 0.2) is 11.5 Å². The second-order valence-electron chi connectivity index (χ2n) is 4.93. The first-order valence-electron chi connectivity index (χ1n) is 7.04. The number of hydrogen-bond donors (Lipinski definition) is 0. The lowest BCUT2D eigenvalue weighted by Crippen LogP contribution is -2.27. The van der Waals surface area contributed by atoms with Crippen molar-refractivity contribution in [3.63, 3.8) is 0 Å². The summed E-state index contributed by atoms with van der Waals surface area (Å²) in [7, 11) is 0. The largest absolute Gasteiger partial charge is 0.454 e. The number of halogens is 1. The molecule has 2 heterocycles. The molecule has 0 unspecified atom stereocenters. The van der Waals surface area contributed by atoms with Gasteiger partial charge in [0, 0.05) is 36.6 Å². The molecular formula is C15H18ClN3O2. The van der Waals surface area contributed by atoms with Crippen LogP contribution in [-0.4, -0.2) is 34.6 Å². The smallest absolute Gasteiger partial charge is 0.231 e. The van der Waals surface area contributed by atoms with Crippen molar-refractivity contribution >= 4 is 11.6 Å². The fourth-order valence-electron chi connectivity index (χ4n) is 2.35. The summed E-state index contributed by atoms with van der Waals surface area (Å²) < 4.78 is 12.7. The van der Waals surface area contributed by atoms with Crippen LogP contribution in [0.25, 0.3) is 0 Å². The molecule has 1 aliphatic rings. The van der Waals surface area contributed by atoms with Gasteiger partial charge in [-0.2, -0.15) is 5.10 Å². The molecule has 5 nitrogen and oxygen atoms in total. The maximum atomic E-state index is 6.33. The van der Waals surface area contributed by atoms with Gasteiger partial charge in [-0.05, 0) is 24.2 Å². The van der Waals surface area contributed by atoms with Gasteiger partial charge in [-0.3, -0.25) is 9.58 Å². The molecule has 0 saturated heterocycles. The van der Waals surface area contributed by atoms with Crippen LogP contribution in [0, 0.1) is 0 Å². The summed E-state index contributed by atoms with van der Waals surface area (Å²) in [6.45, 7) is 5.93. The van der Waals surface area contributed by atoms with Crippen molar-refractivity contribution in [1.29, 1.82) is 0 Å². The number of ether oxygens (including phenoxy) is 2. The Bertz CT molecular complexity index is 601. The van der Waals surface area contributed by atoms with E-state index in [1.165, 1.54) is 0 Å². The highest BCUT2D eigenvalue weighted by Gasteiger charge is 2.17. The summed E-state index contributed by atoms with van der Waals surface area (Å²) in [5, 5.41) is 4.94. The molecule has 2 aromatic rings. The third-order valence-electron chi connectivity index (χ3n) is 3.59. The van der Waals surface area contributed by atoms with E-state index in [2.05, 4.69) is 16.9 Å². The molecule has 6 heteroatoms. The van der Waals surface area contributed by atoms with E-state index >= 15 is 0 Å². The fourth-order valence-corrected chi connectivity index (χ4v) is 2.56. The van der Waals surface area contributed by atoms with Gasteiger partial charge in [-0.1, -0.05) is 18.5 Å². The van der Waals surface area contributed by atoms with Crippen molar-refractivity contribution in [1.82, 2.24) is 14.7 Å². The van der Waals surface area contributed by atoms with Crippen molar-refractivity contribution in [2.45, 2.75) is 20.0 Å². The van der Waals surface area contributed by atoms with Crippen LogP contribution in [-0.2, 0) is 13.1 Å². The average Bonchev–Trinajstić information content (AvgIpc) is 3.14. The van der Waals surface area contributed by atoms with Gasteiger partial charge in [0.05, 0.1) is 6.54 Å².